The quantitative estimate of drug-likeness (QED) is 0.256. The van der Waals surface area contributed by atoms with Crippen molar-refractivity contribution in [3.8, 4) is 0 Å². The van der Waals surface area contributed by atoms with E-state index in [9.17, 15) is 0 Å². The van der Waals surface area contributed by atoms with Gasteiger partial charge in [0.05, 0.1) is 16.9 Å². The molecule has 168 valence electrons. The van der Waals surface area contributed by atoms with Gasteiger partial charge in [-0.15, -0.1) is 0 Å². The first-order valence-electron chi connectivity index (χ1n) is 11.4. The lowest BCUT2D eigenvalue weighted by molar-refractivity contribution is 0.632. The molecule has 1 aliphatic heterocycles. The Labute approximate surface area is 204 Å². The van der Waals surface area contributed by atoms with E-state index in [4.69, 9.17) is 11.6 Å². The molecule has 4 nitrogen and oxygen atoms in total. The van der Waals surface area contributed by atoms with Gasteiger partial charge >= 0.3 is 0 Å². The third-order valence-corrected chi connectivity index (χ3v) is 7.18. The molecular formula is C27H27ClN4S. The van der Waals surface area contributed by atoms with Crippen LogP contribution in [0.2, 0.25) is 5.02 Å². The summed E-state index contributed by atoms with van der Waals surface area (Å²) in [6.07, 6.45) is 3.98. The lowest BCUT2D eigenvalue weighted by atomic mass is 10.2. The summed E-state index contributed by atoms with van der Waals surface area (Å²) < 4.78 is 0. The molecule has 0 atom stereocenters. The Bertz CT molecular complexity index is 1200. The van der Waals surface area contributed by atoms with E-state index in [1.54, 1.807) is 0 Å². The summed E-state index contributed by atoms with van der Waals surface area (Å²) in [7, 11) is 0. The predicted octanol–water partition coefficient (Wildman–Crippen LogP) is 6.97. The highest BCUT2D eigenvalue weighted by atomic mass is 35.5. The van der Waals surface area contributed by atoms with Gasteiger partial charge in [0.2, 0.25) is 0 Å². The van der Waals surface area contributed by atoms with E-state index in [2.05, 4.69) is 69.0 Å². The molecule has 4 aromatic rings. The van der Waals surface area contributed by atoms with Crippen molar-refractivity contribution < 1.29 is 0 Å². The highest BCUT2D eigenvalue weighted by molar-refractivity contribution is 7.99. The number of aromatic nitrogens is 1. The minimum Gasteiger partial charge on any atom is -0.384 e. The fourth-order valence-electron chi connectivity index (χ4n) is 4.22. The van der Waals surface area contributed by atoms with Crippen LogP contribution in [0.4, 0.5) is 17.1 Å². The molecule has 0 unspecified atom stereocenters. The van der Waals surface area contributed by atoms with Crippen molar-refractivity contribution in [1.29, 1.82) is 0 Å². The first-order valence-corrected chi connectivity index (χ1v) is 12.6. The standard InChI is InChI=1S/C27H27ClN4S/c28-20-11-12-21-22(13-17-31-23(21)19-20)30-16-5-14-29-15-6-18-32-24-7-1-3-9-26(24)33-27-10-4-2-8-25(27)32/h1-4,7-13,17,19,29H,5-6,14-16,18H2,(H,30,31). The molecule has 0 saturated carbocycles. The number of hydrogen-bond acceptors (Lipinski definition) is 5. The van der Waals surface area contributed by atoms with Gasteiger partial charge < -0.3 is 15.5 Å². The molecule has 0 aliphatic carbocycles. The molecule has 3 aromatic carbocycles. The number of rotatable bonds is 9. The van der Waals surface area contributed by atoms with Gasteiger partial charge in [0.1, 0.15) is 0 Å². The molecule has 0 fully saturated rings. The summed E-state index contributed by atoms with van der Waals surface area (Å²) in [5.74, 6) is 0. The average molecular weight is 475 g/mol. The molecule has 2 heterocycles. The van der Waals surface area contributed by atoms with Crippen molar-refractivity contribution in [1.82, 2.24) is 10.3 Å². The topological polar surface area (TPSA) is 40.2 Å². The number of benzene rings is 3. The van der Waals surface area contributed by atoms with Gasteiger partial charge in [0, 0.05) is 45.2 Å². The van der Waals surface area contributed by atoms with Crippen LogP contribution in [-0.4, -0.2) is 31.2 Å². The van der Waals surface area contributed by atoms with E-state index < -0.39 is 0 Å². The maximum atomic E-state index is 6.08. The Hall–Kier alpha value is -2.73. The van der Waals surface area contributed by atoms with Gasteiger partial charge in [-0.1, -0.05) is 47.6 Å². The van der Waals surface area contributed by atoms with Crippen LogP contribution in [0.5, 0.6) is 0 Å². The highest BCUT2D eigenvalue weighted by Gasteiger charge is 2.22. The van der Waals surface area contributed by atoms with Crippen LogP contribution in [0.3, 0.4) is 0 Å². The number of nitrogens with zero attached hydrogens (tertiary/aromatic N) is 2. The van der Waals surface area contributed by atoms with E-state index in [0.29, 0.717) is 5.02 Å². The summed E-state index contributed by atoms with van der Waals surface area (Å²) in [4.78, 5) is 9.54. The van der Waals surface area contributed by atoms with Crippen LogP contribution in [0.1, 0.15) is 12.8 Å². The lowest BCUT2D eigenvalue weighted by Crippen LogP contribution is -2.26. The number of nitrogens with one attached hydrogen (secondary N) is 2. The van der Waals surface area contributed by atoms with Gasteiger partial charge in [-0.3, -0.25) is 4.98 Å². The largest absolute Gasteiger partial charge is 0.384 e. The zero-order chi connectivity index (χ0) is 22.5. The second kappa shape index (κ2) is 10.5. The summed E-state index contributed by atoms with van der Waals surface area (Å²) >= 11 is 7.95. The van der Waals surface area contributed by atoms with Crippen molar-refractivity contribution in [3.63, 3.8) is 0 Å². The lowest BCUT2D eigenvalue weighted by Gasteiger charge is -2.32. The van der Waals surface area contributed by atoms with Gasteiger partial charge in [0.25, 0.3) is 0 Å². The van der Waals surface area contributed by atoms with Crippen molar-refractivity contribution in [2.24, 2.45) is 0 Å². The molecule has 0 saturated heterocycles. The number of anilines is 3. The predicted molar refractivity (Wildman–Crippen MR) is 141 cm³/mol. The molecule has 1 aromatic heterocycles. The molecule has 2 N–H and O–H groups in total. The Morgan fingerprint density at radius 1 is 0.818 bits per heavy atom. The zero-order valence-corrected chi connectivity index (χ0v) is 20.0. The van der Waals surface area contributed by atoms with E-state index in [1.165, 1.54) is 21.2 Å². The van der Waals surface area contributed by atoms with Crippen molar-refractivity contribution in [2.75, 3.05) is 36.4 Å². The maximum absolute atomic E-state index is 6.08. The van der Waals surface area contributed by atoms with Gasteiger partial charge in [-0.2, -0.15) is 0 Å². The monoisotopic (exact) mass is 474 g/mol. The SMILES string of the molecule is Clc1ccc2c(NCCCNCCCN3c4ccccc4Sc4ccccc43)ccnc2c1. The molecule has 1 aliphatic rings. The number of hydrogen-bond donors (Lipinski definition) is 2. The highest BCUT2D eigenvalue weighted by Crippen LogP contribution is 2.47. The number of pyridine rings is 1. The minimum atomic E-state index is 0.714. The molecule has 5 rings (SSSR count). The first kappa shape index (κ1) is 22.1. The smallest absolute Gasteiger partial charge is 0.0737 e. The number of halogens is 1. The fourth-order valence-corrected chi connectivity index (χ4v) is 5.48. The summed E-state index contributed by atoms with van der Waals surface area (Å²) in [6, 6.07) is 25.3. The molecular weight excluding hydrogens is 448 g/mol. The van der Waals surface area contributed by atoms with Crippen molar-refractivity contribution >= 4 is 51.3 Å². The minimum absolute atomic E-state index is 0.714. The second-order valence-corrected chi connectivity index (χ2v) is 9.61. The Morgan fingerprint density at radius 3 is 2.33 bits per heavy atom. The van der Waals surface area contributed by atoms with E-state index in [-0.39, 0.29) is 0 Å². The Balaban J connectivity index is 1.08. The van der Waals surface area contributed by atoms with Gasteiger partial charge in [-0.25, -0.2) is 0 Å². The second-order valence-electron chi connectivity index (χ2n) is 8.09. The van der Waals surface area contributed by atoms with Crippen LogP contribution in [0.25, 0.3) is 10.9 Å². The zero-order valence-electron chi connectivity index (χ0n) is 18.4. The van der Waals surface area contributed by atoms with Crippen molar-refractivity contribution in [3.05, 3.63) is 84.0 Å². The summed E-state index contributed by atoms with van der Waals surface area (Å²) in [5, 5.41) is 8.96. The molecule has 0 amide bonds. The fraction of sp³-hybridized carbons (Fsp3) is 0.222. The van der Waals surface area contributed by atoms with Crippen LogP contribution in [0, 0.1) is 0 Å². The molecule has 0 radical (unpaired) electrons. The summed E-state index contributed by atoms with van der Waals surface area (Å²) in [6.45, 7) is 3.92. The Morgan fingerprint density at radius 2 is 1.55 bits per heavy atom. The third-order valence-electron chi connectivity index (χ3n) is 5.82. The van der Waals surface area contributed by atoms with Crippen LogP contribution < -0.4 is 15.5 Å². The number of para-hydroxylation sites is 2. The third kappa shape index (κ3) is 5.11. The van der Waals surface area contributed by atoms with Gasteiger partial charge in [-0.05, 0) is 74.5 Å². The van der Waals surface area contributed by atoms with Crippen LogP contribution >= 0.6 is 23.4 Å². The molecule has 0 spiro atoms. The van der Waals surface area contributed by atoms with E-state index >= 15 is 0 Å². The van der Waals surface area contributed by atoms with Crippen LogP contribution in [0.15, 0.2) is 88.8 Å². The molecule has 0 bridgehead atoms. The molecule has 33 heavy (non-hydrogen) atoms. The van der Waals surface area contributed by atoms with E-state index in [1.807, 2.05) is 42.2 Å². The Kier molecular flexibility index (Phi) is 7.01. The summed E-state index contributed by atoms with van der Waals surface area (Å²) in [5.41, 5.74) is 4.66. The van der Waals surface area contributed by atoms with E-state index in [0.717, 1.165) is 55.6 Å². The van der Waals surface area contributed by atoms with Gasteiger partial charge in [0.15, 0.2) is 0 Å². The van der Waals surface area contributed by atoms with Crippen LogP contribution in [-0.2, 0) is 0 Å². The molecule has 6 heteroatoms. The number of fused-ring (bicyclic) bond motifs is 3. The maximum Gasteiger partial charge on any atom is 0.0737 e. The average Bonchev–Trinajstić information content (AvgIpc) is 2.84. The van der Waals surface area contributed by atoms with Crippen molar-refractivity contribution in [2.45, 2.75) is 22.6 Å². The first-order chi connectivity index (χ1) is 16.3. The normalized spacial score (nSPS) is 12.5.